The number of fused-ring (bicyclic) bond motifs is 1. The van der Waals surface area contributed by atoms with Crippen LogP contribution in [0.25, 0.3) is 22.2 Å². The maximum absolute atomic E-state index is 5.78. The van der Waals surface area contributed by atoms with Crippen molar-refractivity contribution in [2.45, 2.75) is 32.4 Å². The SMILES string of the molecule is COCCOCc1cc(NC2CCOCC2)c2[nH]c(-c3ccc(C)cc3)cc2c1. The molecule has 29 heavy (non-hydrogen) atoms. The third-order valence-corrected chi connectivity index (χ3v) is 5.43. The number of aromatic nitrogens is 1. The van der Waals surface area contributed by atoms with Gasteiger partial charge in [0.05, 0.1) is 31.0 Å². The Hall–Kier alpha value is -2.34. The Morgan fingerprint density at radius 1 is 1.07 bits per heavy atom. The Morgan fingerprint density at radius 2 is 1.86 bits per heavy atom. The minimum atomic E-state index is 0.433. The number of H-pyrrole nitrogens is 1. The highest BCUT2D eigenvalue weighted by molar-refractivity contribution is 5.95. The fourth-order valence-electron chi connectivity index (χ4n) is 3.79. The lowest BCUT2D eigenvalue weighted by atomic mass is 10.1. The van der Waals surface area contributed by atoms with Gasteiger partial charge < -0.3 is 24.5 Å². The molecule has 1 saturated heterocycles. The van der Waals surface area contributed by atoms with Crippen LogP contribution >= 0.6 is 0 Å². The average Bonchev–Trinajstić information content (AvgIpc) is 3.17. The molecule has 2 heterocycles. The molecule has 0 spiro atoms. The van der Waals surface area contributed by atoms with Gasteiger partial charge in [0.1, 0.15) is 0 Å². The van der Waals surface area contributed by atoms with Crippen LogP contribution in [0.4, 0.5) is 5.69 Å². The number of benzene rings is 2. The largest absolute Gasteiger partial charge is 0.382 e. The van der Waals surface area contributed by atoms with Crippen molar-refractivity contribution in [1.29, 1.82) is 0 Å². The summed E-state index contributed by atoms with van der Waals surface area (Å²) in [6.07, 6.45) is 2.06. The zero-order valence-corrected chi connectivity index (χ0v) is 17.3. The molecule has 154 valence electrons. The molecule has 1 aliphatic rings. The average molecular weight is 395 g/mol. The van der Waals surface area contributed by atoms with E-state index < -0.39 is 0 Å². The zero-order valence-electron chi connectivity index (χ0n) is 17.3. The normalized spacial score (nSPS) is 15.1. The number of aromatic amines is 1. The second-order valence-corrected chi connectivity index (χ2v) is 7.73. The first kappa shape index (κ1) is 20.0. The summed E-state index contributed by atoms with van der Waals surface area (Å²) in [5, 5.41) is 4.95. The van der Waals surface area contributed by atoms with Crippen LogP contribution in [0.3, 0.4) is 0 Å². The first-order chi connectivity index (χ1) is 14.2. The third kappa shape index (κ3) is 4.99. The summed E-state index contributed by atoms with van der Waals surface area (Å²) in [5.74, 6) is 0. The Bertz CT molecular complexity index is 927. The van der Waals surface area contributed by atoms with Gasteiger partial charge in [0.2, 0.25) is 0 Å². The predicted molar refractivity (Wildman–Crippen MR) is 117 cm³/mol. The summed E-state index contributed by atoms with van der Waals surface area (Å²) in [5.41, 5.74) is 7.04. The smallest absolute Gasteiger partial charge is 0.0719 e. The highest BCUT2D eigenvalue weighted by Crippen LogP contribution is 2.32. The molecule has 0 atom stereocenters. The highest BCUT2D eigenvalue weighted by Gasteiger charge is 2.16. The maximum Gasteiger partial charge on any atom is 0.0719 e. The lowest BCUT2D eigenvalue weighted by Crippen LogP contribution is -2.28. The van der Waals surface area contributed by atoms with Crippen LogP contribution < -0.4 is 5.32 Å². The Morgan fingerprint density at radius 3 is 2.62 bits per heavy atom. The summed E-state index contributed by atoms with van der Waals surface area (Å²) in [6, 6.07) is 15.7. The zero-order chi connectivity index (χ0) is 20.1. The van der Waals surface area contributed by atoms with E-state index in [1.165, 1.54) is 16.5 Å². The second kappa shape index (κ2) is 9.44. The van der Waals surface area contributed by atoms with E-state index in [0.717, 1.165) is 48.5 Å². The lowest BCUT2D eigenvalue weighted by molar-refractivity contribution is 0.0617. The van der Waals surface area contributed by atoms with E-state index in [0.29, 0.717) is 25.9 Å². The molecule has 1 fully saturated rings. The number of nitrogens with one attached hydrogen (secondary N) is 2. The molecule has 3 aromatic rings. The molecule has 1 aromatic heterocycles. The molecule has 0 bridgehead atoms. The summed E-state index contributed by atoms with van der Waals surface area (Å²) < 4.78 is 16.4. The number of rotatable bonds is 8. The minimum Gasteiger partial charge on any atom is -0.382 e. The van der Waals surface area contributed by atoms with Gasteiger partial charge in [-0.05, 0) is 49.1 Å². The molecule has 0 saturated carbocycles. The number of anilines is 1. The van der Waals surface area contributed by atoms with Crippen molar-refractivity contribution in [2.24, 2.45) is 0 Å². The first-order valence-electron chi connectivity index (χ1n) is 10.4. The van der Waals surface area contributed by atoms with Gasteiger partial charge in [0, 0.05) is 37.4 Å². The van der Waals surface area contributed by atoms with Crippen molar-refractivity contribution in [2.75, 3.05) is 38.9 Å². The van der Waals surface area contributed by atoms with E-state index in [4.69, 9.17) is 14.2 Å². The highest BCUT2D eigenvalue weighted by atomic mass is 16.5. The van der Waals surface area contributed by atoms with Gasteiger partial charge in [0.15, 0.2) is 0 Å². The Kier molecular flexibility index (Phi) is 6.49. The van der Waals surface area contributed by atoms with Crippen LogP contribution in [0, 0.1) is 6.92 Å². The van der Waals surface area contributed by atoms with E-state index in [2.05, 4.69) is 59.7 Å². The number of methoxy groups -OCH3 is 1. The molecular weight excluding hydrogens is 364 g/mol. The lowest BCUT2D eigenvalue weighted by Gasteiger charge is -2.24. The molecule has 0 aliphatic carbocycles. The van der Waals surface area contributed by atoms with Gasteiger partial charge in [0.25, 0.3) is 0 Å². The summed E-state index contributed by atoms with van der Waals surface area (Å²) >= 11 is 0. The number of ether oxygens (including phenoxy) is 3. The minimum absolute atomic E-state index is 0.433. The van der Waals surface area contributed by atoms with Crippen LogP contribution in [-0.4, -0.2) is 44.6 Å². The van der Waals surface area contributed by atoms with Gasteiger partial charge in [-0.25, -0.2) is 0 Å². The van der Waals surface area contributed by atoms with Gasteiger partial charge in [-0.15, -0.1) is 0 Å². The van der Waals surface area contributed by atoms with Crippen molar-refractivity contribution in [3.63, 3.8) is 0 Å². The molecule has 5 heteroatoms. The maximum atomic E-state index is 5.78. The molecule has 0 radical (unpaired) electrons. The number of hydrogen-bond donors (Lipinski definition) is 2. The topological polar surface area (TPSA) is 55.5 Å². The van der Waals surface area contributed by atoms with Crippen LogP contribution in [0.1, 0.15) is 24.0 Å². The molecule has 1 aliphatic heterocycles. The van der Waals surface area contributed by atoms with Crippen molar-refractivity contribution in [1.82, 2.24) is 4.98 Å². The van der Waals surface area contributed by atoms with E-state index in [1.807, 2.05) is 0 Å². The van der Waals surface area contributed by atoms with Crippen molar-refractivity contribution in [3.8, 4) is 11.3 Å². The molecule has 0 amide bonds. The van der Waals surface area contributed by atoms with Gasteiger partial charge >= 0.3 is 0 Å². The van der Waals surface area contributed by atoms with E-state index in [1.54, 1.807) is 7.11 Å². The molecule has 2 aromatic carbocycles. The molecule has 0 unspecified atom stereocenters. The van der Waals surface area contributed by atoms with Gasteiger partial charge in [-0.3, -0.25) is 0 Å². The monoisotopic (exact) mass is 394 g/mol. The van der Waals surface area contributed by atoms with E-state index in [9.17, 15) is 0 Å². The fourth-order valence-corrected chi connectivity index (χ4v) is 3.79. The summed E-state index contributed by atoms with van der Waals surface area (Å²) in [7, 11) is 1.69. The van der Waals surface area contributed by atoms with Crippen molar-refractivity contribution >= 4 is 16.6 Å². The van der Waals surface area contributed by atoms with Gasteiger partial charge in [-0.1, -0.05) is 29.8 Å². The second-order valence-electron chi connectivity index (χ2n) is 7.73. The van der Waals surface area contributed by atoms with Crippen molar-refractivity contribution in [3.05, 3.63) is 53.6 Å². The molecule has 2 N–H and O–H groups in total. The standard InChI is InChI=1S/C24H30N2O3/c1-17-3-5-19(6-4-17)22-15-20-13-18(16-29-12-11-27-2)14-23(24(20)26-22)25-21-7-9-28-10-8-21/h3-6,13-15,21,25-26H,7-12,16H2,1-2H3. The first-order valence-corrected chi connectivity index (χ1v) is 10.4. The number of aryl methyl sites for hydroxylation is 1. The summed E-state index contributed by atoms with van der Waals surface area (Å²) in [4.78, 5) is 3.64. The molecule has 4 rings (SSSR count). The van der Waals surface area contributed by atoms with E-state index >= 15 is 0 Å². The Labute approximate surface area is 172 Å². The number of hydrogen-bond acceptors (Lipinski definition) is 4. The van der Waals surface area contributed by atoms with Crippen LogP contribution in [0.2, 0.25) is 0 Å². The van der Waals surface area contributed by atoms with Crippen molar-refractivity contribution < 1.29 is 14.2 Å². The molecule has 5 nitrogen and oxygen atoms in total. The fraction of sp³-hybridized carbons (Fsp3) is 0.417. The molecular formula is C24H30N2O3. The van der Waals surface area contributed by atoms with Gasteiger partial charge in [-0.2, -0.15) is 0 Å². The van der Waals surface area contributed by atoms with Crippen LogP contribution in [-0.2, 0) is 20.8 Å². The van der Waals surface area contributed by atoms with Crippen LogP contribution in [0.5, 0.6) is 0 Å². The quantitative estimate of drug-likeness (QED) is 0.534. The Balaban J connectivity index is 1.65. The van der Waals surface area contributed by atoms with E-state index in [-0.39, 0.29) is 0 Å². The summed E-state index contributed by atoms with van der Waals surface area (Å²) in [6.45, 7) is 5.53. The third-order valence-electron chi connectivity index (χ3n) is 5.43. The van der Waals surface area contributed by atoms with Crippen LogP contribution in [0.15, 0.2) is 42.5 Å². The predicted octanol–water partition coefficient (Wildman–Crippen LogP) is 4.90.